The van der Waals surface area contributed by atoms with Gasteiger partial charge in [-0.05, 0) is 160 Å². The molecule has 0 aliphatic carbocycles. The van der Waals surface area contributed by atoms with E-state index in [-0.39, 0.29) is 150 Å². The SMILES string of the molecule is C=CC(=O)OCCCCCCc1ccc(C(=O)Oc2ccc(N=Nc3ccc(C)c(S(=O)(=O)[O-])c3)cc2C(=O)O)cc1.C=CC(=O)OCCCCCCc1ccc(C(=O)Oc2ccc(N=Nc3ccc(C)c(S(=O)(=O)[O-])c3)cc2SOO[O-])cc1.[Na+].[Na+].[Na+]. The third-order valence-corrected chi connectivity index (χ3v) is 14.6. The van der Waals surface area contributed by atoms with Crippen molar-refractivity contribution in [2.45, 2.75) is 92.7 Å². The normalized spacial score (nSPS) is 11.0. The van der Waals surface area contributed by atoms with Crippen LogP contribution in [0.25, 0.3) is 0 Å². The molecule has 448 valence electrons. The van der Waals surface area contributed by atoms with Crippen molar-refractivity contribution in [3.63, 3.8) is 0 Å². The maximum atomic E-state index is 12.8. The van der Waals surface area contributed by atoms with Gasteiger partial charge in [-0.3, -0.25) is 5.04 Å². The molecule has 1 N–H and O–H groups in total. The van der Waals surface area contributed by atoms with Gasteiger partial charge in [0.2, 0.25) is 0 Å². The standard InChI is InChI=1S/C30H30N2O9S.C29H30N2O10S2.3Na/c1-3-28(33)40-17-7-5-4-6-8-21-10-12-22(13-11-21)30(36)41-26-16-15-23(18-25(26)29(34)35)31-32-24-14-9-20(2)27(19-24)42(37,38)39;1-3-28(32)38-17-7-5-4-6-8-21-10-12-22(13-11-21)29(33)39-25-16-15-23(18-26(25)42-41-40-34)30-31-24-14-9-20(2)27(19-24)43(35,36)37;;;/h3,9-16,18-19H,1,4-8,17H2,2H3,(H,34,35)(H,37,38,39);3,9-16,18-19,34H,1,4-8,17H2,2H3,(H,35,36,37);;;/q;;3*+1/p-3. The Kier molecular flexibility index (Phi) is 35.9. The van der Waals surface area contributed by atoms with Crippen LogP contribution in [0.4, 0.5) is 22.7 Å². The summed E-state index contributed by atoms with van der Waals surface area (Å²) in [6, 6.07) is 29.9. The van der Waals surface area contributed by atoms with Gasteiger partial charge in [-0.15, -0.1) is 0 Å². The van der Waals surface area contributed by atoms with E-state index in [1.54, 1.807) is 36.4 Å². The number of carbonyl (C=O) groups excluding carboxylic acids is 4. The van der Waals surface area contributed by atoms with Crippen LogP contribution in [0.15, 0.2) is 182 Å². The Morgan fingerprint density at radius 2 is 0.898 bits per heavy atom. The first kappa shape index (κ1) is 78.5. The van der Waals surface area contributed by atoms with E-state index >= 15 is 0 Å². The molecule has 0 aromatic heterocycles. The van der Waals surface area contributed by atoms with E-state index in [9.17, 15) is 60.3 Å². The van der Waals surface area contributed by atoms with E-state index in [0.717, 1.165) is 106 Å². The number of carboxylic acid groups (broad SMARTS) is 1. The van der Waals surface area contributed by atoms with Crippen LogP contribution < -0.4 is 103 Å². The number of hydrogen-bond acceptors (Lipinski definition) is 23. The second kappa shape index (κ2) is 40.2. The molecule has 23 nitrogen and oxygen atoms in total. The van der Waals surface area contributed by atoms with Crippen LogP contribution in [0, 0.1) is 13.8 Å². The zero-order valence-electron chi connectivity index (χ0n) is 48.9. The van der Waals surface area contributed by atoms with Crippen molar-refractivity contribution < 1.29 is 177 Å². The summed E-state index contributed by atoms with van der Waals surface area (Å²) in [5.74, 6) is -3.73. The molecule has 0 saturated heterocycles. The molecule has 0 heterocycles. The maximum Gasteiger partial charge on any atom is 1.00 e. The number of carbonyl (C=O) groups is 5. The molecule has 6 aromatic rings. The summed E-state index contributed by atoms with van der Waals surface area (Å²) in [7, 11) is -9.39. The summed E-state index contributed by atoms with van der Waals surface area (Å²) < 4.78 is 93.7. The van der Waals surface area contributed by atoms with Gasteiger partial charge < -0.3 is 38.4 Å². The zero-order valence-corrected chi connectivity index (χ0v) is 57.4. The van der Waals surface area contributed by atoms with Crippen LogP contribution in [0.5, 0.6) is 11.5 Å². The predicted molar refractivity (Wildman–Crippen MR) is 304 cm³/mol. The van der Waals surface area contributed by atoms with Crippen molar-refractivity contribution in [1.29, 1.82) is 0 Å². The van der Waals surface area contributed by atoms with Gasteiger partial charge >= 0.3 is 119 Å². The predicted octanol–water partition coefficient (Wildman–Crippen LogP) is 2.67. The maximum absolute atomic E-state index is 12.8. The number of ether oxygens (including phenoxy) is 4. The first-order valence-electron chi connectivity index (χ1n) is 25.9. The van der Waals surface area contributed by atoms with Gasteiger partial charge in [-0.2, -0.15) is 24.8 Å². The van der Waals surface area contributed by atoms with Crippen LogP contribution >= 0.6 is 12.0 Å². The Hall–Kier alpha value is -5.60. The molecule has 0 amide bonds. The molecule has 0 unspecified atom stereocenters. The number of unbranched alkanes of at least 4 members (excludes halogenated alkanes) is 6. The molecular weight excluding hydrogens is 1230 g/mol. The molecule has 29 heteroatoms. The number of rotatable bonds is 30. The Bertz CT molecular complexity index is 3650. The van der Waals surface area contributed by atoms with Crippen molar-refractivity contribution in [1.82, 2.24) is 0 Å². The first-order chi connectivity index (χ1) is 40.6. The number of esters is 4. The molecule has 0 aliphatic heterocycles. The van der Waals surface area contributed by atoms with Crippen molar-refractivity contribution in [3.8, 4) is 11.5 Å². The number of hydrogen-bond donors (Lipinski definition) is 1. The van der Waals surface area contributed by atoms with Crippen LogP contribution in [-0.2, 0) is 61.5 Å². The molecule has 0 bridgehead atoms. The molecule has 0 atom stereocenters. The topological polar surface area (TPSA) is 348 Å². The Morgan fingerprint density at radius 1 is 0.523 bits per heavy atom. The quantitative estimate of drug-likeness (QED) is 0.00647. The van der Waals surface area contributed by atoms with E-state index in [0.29, 0.717) is 30.8 Å². The molecule has 0 saturated carbocycles. The Balaban J connectivity index is 0.000000580. The van der Waals surface area contributed by atoms with E-state index in [2.05, 4.69) is 43.0 Å². The van der Waals surface area contributed by atoms with Crippen molar-refractivity contribution >= 4 is 84.9 Å². The van der Waals surface area contributed by atoms with Crippen molar-refractivity contribution in [2.75, 3.05) is 13.2 Å². The van der Waals surface area contributed by atoms with Gasteiger partial charge in [0, 0.05) is 12.2 Å². The molecule has 0 fully saturated rings. The summed E-state index contributed by atoms with van der Waals surface area (Å²) in [5, 5.41) is 39.3. The van der Waals surface area contributed by atoms with Gasteiger partial charge in [0.1, 0.15) is 37.3 Å². The van der Waals surface area contributed by atoms with Crippen LogP contribution in [0.3, 0.4) is 0 Å². The molecule has 88 heavy (non-hydrogen) atoms. The minimum absolute atomic E-state index is 0. The smallest absolute Gasteiger partial charge is 0.744 e. The molecule has 0 radical (unpaired) electrons. The summed E-state index contributed by atoms with van der Waals surface area (Å²) >= 11 is 0.486. The number of aromatic carboxylic acids is 1. The summed E-state index contributed by atoms with van der Waals surface area (Å²) in [6.45, 7) is 10.4. The number of carboxylic acids is 1. The third kappa shape index (κ3) is 27.2. The summed E-state index contributed by atoms with van der Waals surface area (Å²) in [5.41, 5.74) is 3.37. The average Bonchev–Trinajstić information content (AvgIpc) is 1.48. The minimum Gasteiger partial charge on any atom is -0.744 e. The van der Waals surface area contributed by atoms with E-state index < -0.39 is 59.9 Å². The van der Waals surface area contributed by atoms with E-state index in [4.69, 9.17) is 18.9 Å². The van der Waals surface area contributed by atoms with Crippen LogP contribution in [-0.4, -0.2) is 74.1 Å². The fourth-order valence-electron chi connectivity index (χ4n) is 7.63. The van der Waals surface area contributed by atoms with Crippen LogP contribution in [0.1, 0.15) is 105 Å². The zero-order chi connectivity index (χ0) is 61.9. The number of benzene rings is 6. The summed E-state index contributed by atoms with van der Waals surface area (Å²) in [6.07, 6.45) is 11.1. The summed E-state index contributed by atoms with van der Waals surface area (Å²) in [4.78, 5) is 58.7. The second-order valence-corrected chi connectivity index (χ2v) is 21.7. The van der Waals surface area contributed by atoms with Gasteiger partial charge in [0.05, 0.1) is 73.8 Å². The monoisotopic (exact) mass is 1290 g/mol. The largest absolute Gasteiger partial charge is 1.00 e. The minimum atomic E-state index is -4.70. The van der Waals surface area contributed by atoms with Crippen molar-refractivity contribution in [3.05, 3.63) is 186 Å². The number of nitrogens with zero attached hydrogens (tertiary/aromatic N) is 4. The Morgan fingerprint density at radius 3 is 1.30 bits per heavy atom. The molecular formula is C59H57N4Na3O19S3. The molecule has 0 aliphatic rings. The molecule has 0 spiro atoms. The number of azo groups is 2. The number of aryl methyl sites for hydroxylation is 4. The van der Waals surface area contributed by atoms with Gasteiger partial charge in [0.25, 0.3) is 0 Å². The fraction of sp³-hybridized carbons (Fsp3) is 0.237. The molecule has 6 rings (SSSR count). The fourth-order valence-corrected chi connectivity index (χ4v) is 9.55. The van der Waals surface area contributed by atoms with Gasteiger partial charge in [-0.25, -0.2) is 40.8 Å². The first-order valence-corrected chi connectivity index (χ1v) is 29.5. The Labute approximate surface area is 579 Å². The van der Waals surface area contributed by atoms with Gasteiger partial charge in [-0.1, -0.05) is 75.2 Å². The van der Waals surface area contributed by atoms with Crippen molar-refractivity contribution in [2.24, 2.45) is 20.5 Å². The van der Waals surface area contributed by atoms with Crippen LogP contribution in [0.2, 0.25) is 0 Å². The third-order valence-electron chi connectivity index (χ3n) is 12.0. The van der Waals surface area contributed by atoms with Gasteiger partial charge in [0.15, 0.2) is 0 Å². The van der Waals surface area contributed by atoms with E-state index in [1.165, 1.54) is 68.4 Å². The van der Waals surface area contributed by atoms with E-state index in [1.807, 2.05) is 12.1 Å². The molecule has 6 aromatic carbocycles. The average molecular weight is 1290 g/mol. The second-order valence-electron chi connectivity index (χ2n) is 18.3.